The number of nitrogens with zero attached hydrogens (tertiary/aromatic N) is 2. The lowest BCUT2D eigenvalue weighted by atomic mass is 10.1. The lowest BCUT2D eigenvalue weighted by molar-refractivity contribution is 0.0677. The molecule has 1 unspecified atom stereocenters. The lowest BCUT2D eigenvalue weighted by Crippen LogP contribution is -2.37. The van der Waals surface area contributed by atoms with E-state index in [4.69, 9.17) is 5.11 Å². The molecule has 0 aliphatic carbocycles. The maximum atomic E-state index is 12.8. The molecule has 0 saturated heterocycles. The van der Waals surface area contributed by atoms with Crippen LogP contribution in [0, 0.1) is 5.82 Å². The van der Waals surface area contributed by atoms with E-state index < -0.39 is 0 Å². The van der Waals surface area contributed by atoms with Crippen molar-refractivity contribution >= 4 is 17.2 Å². The molecular formula is C15H17FN2O2S. The maximum Gasteiger partial charge on any atom is 0.273 e. The third-order valence-corrected chi connectivity index (χ3v) is 4.13. The molecule has 21 heavy (non-hydrogen) atoms. The van der Waals surface area contributed by atoms with E-state index in [1.165, 1.54) is 28.4 Å². The smallest absolute Gasteiger partial charge is 0.273 e. The van der Waals surface area contributed by atoms with Crippen LogP contribution >= 0.6 is 11.3 Å². The summed E-state index contributed by atoms with van der Waals surface area (Å²) in [5.74, 6) is -0.480. The first-order valence-corrected chi connectivity index (χ1v) is 7.46. The number of hydrogen-bond donors (Lipinski definition) is 1. The van der Waals surface area contributed by atoms with E-state index in [0.717, 1.165) is 10.6 Å². The minimum absolute atomic E-state index is 0.0885. The van der Waals surface area contributed by atoms with Gasteiger partial charge in [-0.25, -0.2) is 9.37 Å². The molecule has 0 fully saturated rings. The van der Waals surface area contributed by atoms with E-state index in [9.17, 15) is 9.18 Å². The molecule has 0 aliphatic rings. The maximum absolute atomic E-state index is 12.8. The number of likely N-dealkylation sites (N-methyl/N-ethyl adjacent to an activating group) is 1. The molecule has 1 aromatic heterocycles. The minimum Gasteiger partial charge on any atom is -0.394 e. The Balaban J connectivity index is 2.07. The van der Waals surface area contributed by atoms with Crippen LogP contribution in [0.25, 0.3) is 0 Å². The quantitative estimate of drug-likeness (QED) is 0.922. The van der Waals surface area contributed by atoms with Crippen LogP contribution in [0.5, 0.6) is 0 Å². The third-order valence-electron chi connectivity index (χ3n) is 3.29. The zero-order chi connectivity index (χ0) is 15.4. The summed E-state index contributed by atoms with van der Waals surface area (Å²) in [4.78, 5) is 18.0. The number of aliphatic hydroxyl groups is 1. The van der Waals surface area contributed by atoms with Crippen molar-refractivity contribution in [3.63, 3.8) is 0 Å². The summed E-state index contributed by atoms with van der Waals surface area (Å²) in [6, 6.07) is 5.98. The van der Waals surface area contributed by atoms with Crippen molar-refractivity contribution < 1.29 is 14.3 Å². The van der Waals surface area contributed by atoms with Gasteiger partial charge >= 0.3 is 0 Å². The molecule has 1 N–H and O–H groups in total. The standard InChI is InChI=1S/C15H17FN2O2S/c1-10(8-19)18(2)15(20)13-9-21-14(17-13)7-11-3-5-12(16)6-4-11/h3-6,9-10,19H,7-8H2,1-2H3. The summed E-state index contributed by atoms with van der Waals surface area (Å²) in [5, 5.41) is 11.6. The van der Waals surface area contributed by atoms with Crippen LogP contribution in [0.15, 0.2) is 29.6 Å². The first-order valence-electron chi connectivity index (χ1n) is 6.58. The summed E-state index contributed by atoms with van der Waals surface area (Å²) in [6.45, 7) is 1.68. The molecule has 4 nitrogen and oxygen atoms in total. The summed E-state index contributed by atoms with van der Waals surface area (Å²) < 4.78 is 12.8. The number of aromatic nitrogens is 1. The highest BCUT2D eigenvalue weighted by Crippen LogP contribution is 2.16. The fraction of sp³-hybridized carbons (Fsp3) is 0.333. The fourth-order valence-electron chi connectivity index (χ4n) is 1.77. The van der Waals surface area contributed by atoms with Gasteiger partial charge in [0.25, 0.3) is 5.91 Å². The molecule has 0 radical (unpaired) electrons. The van der Waals surface area contributed by atoms with Crippen molar-refractivity contribution in [3.05, 3.63) is 51.7 Å². The second-order valence-electron chi connectivity index (χ2n) is 4.88. The number of hydrogen-bond acceptors (Lipinski definition) is 4. The van der Waals surface area contributed by atoms with Crippen LogP contribution in [0.2, 0.25) is 0 Å². The molecule has 1 heterocycles. The van der Waals surface area contributed by atoms with E-state index in [1.807, 2.05) is 0 Å². The van der Waals surface area contributed by atoms with Crippen LogP contribution in [0.4, 0.5) is 4.39 Å². The van der Waals surface area contributed by atoms with Gasteiger partial charge in [0.2, 0.25) is 0 Å². The predicted octanol–water partition coefficient (Wildman–Crippen LogP) is 2.33. The second kappa shape index (κ2) is 6.78. The molecule has 1 amide bonds. The van der Waals surface area contributed by atoms with Gasteiger partial charge in [-0.3, -0.25) is 4.79 Å². The summed E-state index contributed by atoms with van der Waals surface area (Å²) >= 11 is 1.40. The highest BCUT2D eigenvalue weighted by atomic mass is 32.1. The van der Waals surface area contributed by atoms with Gasteiger partial charge < -0.3 is 10.0 Å². The molecule has 112 valence electrons. The van der Waals surface area contributed by atoms with Crippen molar-refractivity contribution in [1.82, 2.24) is 9.88 Å². The Kier molecular flexibility index (Phi) is 5.03. The van der Waals surface area contributed by atoms with Crippen LogP contribution in [-0.2, 0) is 6.42 Å². The number of thiazole rings is 1. The highest BCUT2D eigenvalue weighted by Gasteiger charge is 2.19. The van der Waals surface area contributed by atoms with Crippen molar-refractivity contribution in [3.8, 4) is 0 Å². The topological polar surface area (TPSA) is 53.4 Å². The average Bonchev–Trinajstić information content (AvgIpc) is 2.95. The van der Waals surface area contributed by atoms with Crippen molar-refractivity contribution in [2.24, 2.45) is 0 Å². The normalized spacial score (nSPS) is 12.2. The van der Waals surface area contributed by atoms with Crippen LogP contribution in [0.1, 0.15) is 28.0 Å². The average molecular weight is 308 g/mol. The summed E-state index contributed by atoms with van der Waals surface area (Å²) in [7, 11) is 1.64. The van der Waals surface area contributed by atoms with Gasteiger partial charge in [-0.15, -0.1) is 11.3 Å². The van der Waals surface area contributed by atoms with Crippen molar-refractivity contribution in [1.29, 1.82) is 0 Å². The molecule has 1 aromatic carbocycles. The fourth-order valence-corrected chi connectivity index (χ4v) is 2.57. The van der Waals surface area contributed by atoms with E-state index >= 15 is 0 Å². The van der Waals surface area contributed by atoms with Gasteiger partial charge in [0.05, 0.1) is 17.7 Å². The molecular weight excluding hydrogens is 291 g/mol. The Labute approximate surface area is 126 Å². The van der Waals surface area contributed by atoms with Crippen LogP contribution < -0.4 is 0 Å². The van der Waals surface area contributed by atoms with Gasteiger partial charge in [0.1, 0.15) is 11.5 Å². The SMILES string of the molecule is CC(CO)N(C)C(=O)c1csc(Cc2ccc(F)cc2)n1. The number of benzene rings is 1. The monoisotopic (exact) mass is 308 g/mol. The number of carbonyl (C=O) groups excluding carboxylic acids is 1. The van der Waals surface area contributed by atoms with E-state index in [1.54, 1.807) is 31.5 Å². The third kappa shape index (κ3) is 3.86. The van der Waals surface area contributed by atoms with Crippen molar-refractivity contribution in [2.75, 3.05) is 13.7 Å². The molecule has 6 heteroatoms. The van der Waals surface area contributed by atoms with Gasteiger partial charge in [0, 0.05) is 18.8 Å². The largest absolute Gasteiger partial charge is 0.394 e. The number of amides is 1. The molecule has 1 atom stereocenters. The van der Waals surface area contributed by atoms with Gasteiger partial charge in [-0.2, -0.15) is 0 Å². The number of halogens is 1. The van der Waals surface area contributed by atoms with E-state index in [0.29, 0.717) is 12.1 Å². The molecule has 0 saturated carbocycles. The molecule has 2 rings (SSSR count). The highest BCUT2D eigenvalue weighted by molar-refractivity contribution is 7.09. The molecule has 0 aliphatic heterocycles. The Morgan fingerprint density at radius 3 is 2.71 bits per heavy atom. The van der Waals surface area contributed by atoms with Gasteiger partial charge in [-0.1, -0.05) is 12.1 Å². The van der Waals surface area contributed by atoms with E-state index in [2.05, 4.69) is 4.98 Å². The predicted molar refractivity (Wildman–Crippen MR) is 80.0 cm³/mol. The minimum atomic E-state index is -0.270. The van der Waals surface area contributed by atoms with Crippen LogP contribution in [-0.4, -0.2) is 40.6 Å². The second-order valence-corrected chi connectivity index (χ2v) is 5.82. The Morgan fingerprint density at radius 1 is 1.43 bits per heavy atom. The zero-order valence-corrected chi connectivity index (χ0v) is 12.7. The van der Waals surface area contributed by atoms with Gasteiger partial charge in [0.15, 0.2) is 0 Å². The van der Waals surface area contributed by atoms with E-state index in [-0.39, 0.29) is 24.4 Å². The van der Waals surface area contributed by atoms with Gasteiger partial charge in [-0.05, 0) is 24.6 Å². The summed E-state index contributed by atoms with van der Waals surface area (Å²) in [5.41, 5.74) is 1.32. The molecule has 0 spiro atoms. The van der Waals surface area contributed by atoms with Crippen LogP contribution in [0.3, 0.4) is 0 Å². The number of rotatable bonds is 5. The molecule has 0 bridgehead atoms. The summed E-state index contributed by atoms with van der Waals surface area (Å²) in [6.07, 6.45) is 0.567. The zero-order valence-electron chi connectivity index (χ0n) is 11.9. The van der Waals surface area contributed by atoms with Crippen molar-refractivity contribution in [2.45, 2.75) is 19.4 Å². The first-order chi connectivity index (χ1) is 10.0. The molecule has 2 aromatic rings. The Bertz CT molecular complexity index is 612. The Hall–Kier alpha value is -1.79. The Morgan fingerprint density at radius 2 is 2.10 bits per heavy atom. The first kappa shape index (κ1) is 15.6. The number of carbonyl (C=O) groups is 1. The number of aliphatic hydroxyl groups excluding tert-OH is 1. The lowest BCUT2D eigenvalue weighted by Gasteiger charge is -2.21.